The summed E-state index contributed by atoms with van der Waals surface area (Å²) in [4.78, 5) is 12.6. The van der Waals surface area contributed by atoms with Crippen molar-refractivity contribution in [1.29, 1.82) is 0 Å². The molecule has 1 N–H and O–H groups in total. The van der Waals surface area contributed by atoms with Crippen molar-refractivity contribution in [3.63, 3.8) is 0 Å². The van der Waals surface area contributed by atoms with Crippen LogP contribution in [0.15, 0.2) is 59.1 Å². The number of hydrogen-bond donors (Lipinski definition) is 1. The number of hydrogen-bond acceptors (Lipinski definition) is 4. The number of furan rings is 1. The third kappa shape index (κ3) is 5.56. The molecule has 0 atom stereocenters. The zero-order chi connectivity index (χ0) is 23.5. The molecule has 1 amide bonds. The molecular weight excluding hydrogens is 468 g/mol. The number of nitrogens with zero attached hydrogens (tertiary/aromatic N) is 2. The van der Waals surface area contributed by atoms with E-state index in [1.165, 1.54) is 23.0 Å². The predicted octanol–water partition coefficient (Wildman–Crippen LogP) is 6.42. The quantitative estimate of drug-likeness (QED) is 0.326. The minimum absolute atomic E-state index is 0.0573. The first kappa shape index (κ1) is 22.9. The second-order valence-electron chi connectivity index (χ2n) is 7.56. The van der Waals surface area contributed by atoms with Gasteiger partial charge in [-0.25, -0.2) is 4.39 Å². The van der Waals surface area contributed by atoms with Gasteiger partial charge in [-0.15, -0.1) is 0 Å². The van der Waals surface area contributed by atoms with Gasteiger partial charge in [-0.2, -0.15) is 5.10 Å². The monoisotopic (exact) mass is 487 g/mol. The molecule has 0 saturated carbocycles. The summed E-state index contributed by atoms with van der Waals surface area (Å²) in [5, 5.41) is 7.28. The number of rotatable bonds is 7. The molecule has 0 spiro atoms. The third-order valence-corrected chi connectivity index (χ3v) is 5.42. The van der Waals surface area contributed by atoms with E-state index < -0.39 is 11.7 Å². The molecule has 0 fully saturated rings. The van der Waals surface area contributed by atoms with Crippen LogP contribution in [0.4, 0.5) is 10.2 Å². The molecule has 0 aliphatic rings. The minimum Gasteiger partial charge on any atom is -0.486 e. The Balaban J connectivity index is 1.40. The third-order valence-electron chi connectivity index (χ3n) is 4.79. The Bertz CT molecular complexity index is 1280. The summed E-state index contributed by atoms with van der Waals surface area (Å²) in [7, 11) is 0. The number of aryl methyl sites for hydroxylation is 2. The molecule has 0 saturated heterocycles. The number of anilines is 1. The van der Waals surface area contributed by atoms with Gasteiger partial charge < -0.3 is 14.5 Å². The molecule has 0 aliphatic heterocycles. The van der Waals surface area contributed by atoms with Gasteiger partial charge in [0.15, 0.2) is 11.6 Å². The smallest absolute Gasteiger partial charge is 0.292 e. The van der Waals surface area contributed by atoms with Crippen molar-refractivity contribution in [2.75, 3.05) is 5.32 Å². The zero-order valence-electron chi connectivity index (χ0n) is 17.9. The summed E-state index contributed by atoms with van der Waals surface area (Å²) in [6, 6.07) is 13.5. The SMILES string of the molecule is Cc1cc(C)cc(OCc2ccc(C(=O)Nc3nn(Cc4c(F)cccc4Cl)cc3Cl)o2)c1. The van der Waals surface area contributed by atoms with Crippen LogP contribution in [0.3, 0.4) is 0 Å². The molecule has 4 aromatic rings. The van der Waals surface area contributed by atoms with Crippen LogP contribution in [-0.2, 0) is 13.2 Å². The van der Waals surface area contributed by atoms with Crippen molar-refractivity contribution in [2.45, 2.75) is 27.0 Å². The van der Waals surface area contributed by atoms with Gasteiger partial charge >= 0.3 is 0 Å². The summed E-state index contributed by atoms with van der Waals surface area (Å²) < 4.78 is 26.8. The van der Waals surface area contributed by atoms with Crippen molar-refractivity contribution < 1.29 is 18.3 Å². The Morgan fingerprint density at radius 2 is 1.88 bits per heavy atom. The fourth-order valence-electron chi connectivity index (χ4n) is 3.33. The Hall–Kier alpha value is -3.29. The lowest BCUT2D eigenvalue weighted by Gasteiger charge is -2.06. The number of aromatic nitrogens is 2. The Morgan fingerprint density at radius 1 is 1.12 bits per heavy atom. The topological polar surface area (TPSA) is 69.3 Å². The summed E-state index contributed by atoms with van der Waals surface area (Å²) in [5.41, 5.74) is 2.46. The molecule has 0 radical (unpaired) electrons. The first-order valence-corrected chi connectivity index (χ1v) is 10.8. The fourth-order valence-corrected chi connectivity index (χ4v) is 3.75. The molecule has 33 heavy (non-hydrogen) atoms. The summed E-state index contributed by atoms with van der Waals surface area (Å²) >= 11 is 12.3. The molecule has 2 heterocycles. The average Bonchev–Trinajstić information content (AvgIpc) is 3.35. The van der Waals surface area contributed by atoms with E-state index in [2.05, 4.69) is 16.5 Å². The molecule has 0 aliphatic carbocycles. The molecule has 9 heteroatoms. The maximum absolute atomic E-state index is 14.0. The van der Waals surface area contributed by atoms with Crippen LogP contribution < -0.4 is 10.1 Å². The first-order chi connectivity index (χ1) is 15.8. The maximum Gasteiger partial charge on any atom is 0.292 e. The van der Waals surface area contributed by atoms with Crippen molar-refractivity contribution in [2.24, 2.45) is 0 Å². The van der Waals surface area contributed by atoms with Crippen LogP contribution in [-0.4, -0.2) is 15.7 Å². The molecular formula is C24H20Cl2FN3O3. The summed E-state index contributed by atoms with van der Waals surface area (Å²) in [5.74, 6) is 0.442. The van der Waals surface area contributed by atoms with E-state index >= 15 is 0 Å². The van der Waals surface area contributed by atoms with Gasteiger partial charge in [0.25, 0.3) is 5.91 Å². The average molecular weight is 488 g/mol. The van der Waals surface area contributed by atoms with Crippen LogP contribution in [0, 0.1) is 19.7 Å². The van der Waals surface area contributed by atoms with Crippen molar-refractivity contribution in [3.05, 3.63) is 98.8 Å². The summed E-state index contributed by atoms with van der Waals surface area (Å²) in [6.45, 7) is 4.22. The Morgan fingerprint density at radius 3 is 2.61 bits per heavy atom. The largest absolute Gasteiger partial charge is 0.486 e. The van der Waals surface area contributed by atoms with Gasteiger partial charge in [0.05, 0.1) is 6.54 Å². The second kappa shape index (κ2) is 9.68. The molecule has 2 aromatic heterocycles. The Kier molecular flexibility index (Phi) is 6.72. The van der Waals surface area contributed by atoms with Gasteiger partial charge in [-0.1, -0.05) is 35.3 Å². The normalized spacial score (nSPS) is 10.9. The van der Waals surface area contributed by atoms with E-state index in [9.17, 15) is 9.18 Å². The van der Waals surface area contributed by atoms with Crippen molar-refractivity contribution in [1.82, 2.24) is 9.78 Å². The zero-order valence-corrected chi connectivity index (χ0v) is 19.4. The summed E-state index contributed by atoms with van der Waals surface area (Å²) in [6.07, 6.45) is 1.48. The number of amides is 1. The lowest BCUT2D eigenvalue weighted by atomic mass is 10.1. The van der Waals surface area contributed by atoms with Crippen molar-refractivity contribution >= 4 is 34.9 Å². The van der Waals surface area contributed by atoms with Gasteiger partial charge in [-0.3, -0.25) is 9.48 Å². The molecule has 4 rings (SSSR count). The second-order valence-corrected chi connectivity index (χ2v) is 8.37. The molecule has 170 valence electrons. The lowest BCUT2D eigenvalue weighted by molar-refractivity contribution is 0.0992. The highest BCUT2D eigenvalue weighted by atomic mass is 35.5. The van der Waals surface area contributed by atoms with E-state index in [0.29, 0.717) is 5.76 Å². The molecule has 0 bridgehead atoms. The minimum atomic E-state index is -0.524. The molecule has 2 aromatic carbocycles. The van der Waals surface area contributed by atoms with Crippen LogP contribution in [0.25, 0.3) is 0 Å². The Labute approximate surface area is 199 Å². The molecule has 6 nitrogen and oxygen atoms in total. The number of nitrogens with one attached hydrogen (secondary N) is 1. The number of halogens is 3. The van der Waals surface area contributed by atoms with Gasteiger partial charge in [0.1, 0.15) is 29.0 Å². The highest BCUT2D eigenvalue weighted by Gasteiger charge is 2.17. The number of benzene rings is 2. The van der Waals surface area contributed by atoms with Crippen LogP contribution in [0.2, 0.25) is 10.0 Å². The van der Waals surface area contributed by atoms with E-state index in [1.54, 1.807) is 18.2 Å². The standard InChI is InChI=1S/C24H20Cl2FN3O3/c1-14-8-15(2)10-17(9-14)32-13-16-6-7-22(33-16)24(31)28-23-20(26)12-30(29-23)11-18-19(25)4-3-5-21(18)27/h3-10,12H,11,13H2,1-2H3,(H,28,29,31). The lowest BCUT2D eigenvalue weighted by Crippen LogP contribution is -2.12. The number of ether oxygens (including phenoxy) is 1. The van der Waals surface area contributed by atoms with Crippen LogP contribution in [0.1, 0.15) is 33.0 Å². The van der Waals surface area contributed by atoms with E-state index in [0.717, 1.165) is 16.9 Å². The van der Waals surface area contributed by atoms with Gasteiger partial charge in [-0.05, 0) is 61.4 Å². The highest BCUT2D eigenvalue weighted by molar-refractivity contribution is 6.33. The number of carbonyl (C=O) groups is 1. The number of carbonyl (C=O) groups excluding carboxylic acids is 1. The maximum atomic E-state index is 14.0. The van der Waals surface area contributed by atoms with Gasteiger partial charge in [0.2, 0.25) is 0 Å². The van der Waals surface area contributed by atoms with Crippen LogP contribution >= 0.6 is 23.2 Å². The molecule has 0 unspecified atom stereocenters. The van der Waals surface area contributed by atoms with Gasteiger partial charge in [0, 0.05) is 16.8 Å². The van der Waals surface area contributed by atoms with E-state index in [-0.39, 0.29) is 40.3 Å². The van der Waals surface area contributed by atoms with Crippen LogP contribution in [0.5, 0.6) is 5.75 Å². The van der Waals surface area contributed by atoms with E-state index in [1.807, 2.05) is 26.0 Å². The van der Waals surface area contributed by atoms with E-state index in [4.69, 9.17) is 32.4 Å². The highest BCUT2D eigenvalue weighted by Crippen LogP contribution is 2.24. The fraction of sp³-hybridized carbons (Fsp3) is 0.167. The predicted molar refractivity (Wildman–Crippen MR) is 125 cm³/mol. The van der Waals surface area contributed by atoms with Crippen molar-refractivity contribution in [3.8, 4) is 5.75 Å². The first-order valence-electron chi connectivity index (χ1n) is 10.1.